The smallest absolute Gasteiger partial charge is 0.462 e. The lowest BCUT2D eigenvalue weighted by Gasteiger charge is -2.49. The van der Waals surface area contributed by atoms with E-state index in [-0.39, 0.29) is 12.8 Å². The van der Waals surface area contributed by atoms with Crippen LogP contribution < -0.4 is 0 Å². The molecule has 3 rings (SSSR count). The van der Waals surface area contributed by atoms with Crippen LogP contribution in [0.1, 0.15) is 291 Å². The summed E-state index contributed by atoms with van der Waals surface area (Å²) in [5, 5.41) is 110. The van der Waals surface area contributed by atoms with E-state index in [1.807, 2.05) is 6.08 Å². The summed E-state index contributed by atoms with van der Waals surface area (Å²) < 4.78 is 64.9. The maximum Gasteiger partial charge on any atom is 0.472 e. The predicted molar refractivity (Wildman–Crippen MR) is 384 cm³/mol. The summed E-state index contributed by atoms with van der Waals surface area (Å²) in [7, 11) is -5.71. The second-order valence-electron chi connectivity index (χ2n) is 28.4. The van der Waals surface area contributed by atoms with Crippen LogP contribution in [0.2, 0.25) is 0 Å². The highest BCUT2D eigenvalue weighted by Crippen LogP contribution is 2.49. The summed E-state index contributed by atoms with van der Waals surface area (Å²) in [6.07, 6.45) is 18.3. The van der Waals surface area contributed by atoms with Crippen molar-refractivity contribution in [3.63, 3.8) is 0 Å². The van der Waals surface area contributed by atoms with E-state index in [9.17, 15) is 74.9 Å². The molecule has 2 aliphatic heterocycles. The Balaban J connectivity index is 1.74. The van der Waals surface area contributed by atoms with Crippen LogP contribution in [0.25, 0.3) is 0 Å². The number of allylic oxidation sites excluding steroid dienone is 5. The number of aliphatic hydroxyl groups excluding tert-OH is 10. The van der Waals surface area contributed by atoms with Crippen molar-refractivity contribution in [2.45, 2.75) is 395 Å². The molecule has 0 aromatic carbocycles. The first-order valence-electron chi connectivity index (χ1n) is 39.2. The van der Waals surface area contributed by atoms with E-state index >= 15 is 0 Å². The number of phosphoric acid groups is 1. The van der Waals surface area contributed by atoms with E-state index in [0.717, 1.165) is 115 Å². The van der Waals surface area contributed by atoms with E-state index in [1.165, 1.54) is 134 Å². The van der Waals surface area contributed by atoms with Gasteiger partial charge in [0.05, 0.1) is 13.2 Å². The lowest BCUT2D eigenvalue weighted by molar-refractivity contribution is -0.360. The SMILES string of the molecule is CCCCCC/C=C\CCCCCCCCCC(=O)OC(COC(=O)CCCCCCCCC(C)CCCCCCCC)COP(=O)(O)OC1C(OC2OC(CO)C(O)C(O)C2O)C(O)C(O)C(O)C1OC1OC(COC(=O)/C=C/C=C/CCCCCCCCCCCCC)C(O)C(O)C1O. The molecule has 101 heavy (non-hydrogen) atoms. The lowest BCUT2D eigenvalue weighted by atomic mass is 9.84. The largest absolute Gasteiger partial charge is 0.472 e. The standard InChI is InChI=1S/C76H137O24P/c1-5-8-11-14-17-19-21-23-25-27-29-31-33-39-45-50-61(79)93-55-59-64(82)66(84)71(89)76(97-59)99-73-69(87)67(85)68(86)72(98-75-70(88)65(83)63(81)58(52-77)96-75)74(73)100-101(90,91)94-54-57(95-62(80)51-46-41-34-32-30-28-26-24-22-20-18-15-12-9-6-2)53-92-60(78)49-44-40-36-35-38-43-48-56(4)47-42-37-16-13-10-7-3/h20,22,33,39,45,50,56-59,63-77,81-89H,5-19,21,23-32,34-38,40-44,46-49,51-55H2,1-4H3,(H,90,91)/b22-20-,39-33+,50-45+. The summed E-state index contributed by atoms with van der Waals surface area (Å²) >= 11 is 0. The first-order valence-corrected chi connectivity index (χ1v) is 40.7. The van der Waals surface area contributed by atoms with Gasteiger partial charge in [0, 0.05) is 18.9 Å². The van der Waals surface area contributed by atoms with Crippen molar-refractivity contribution in [3.8, 4) is 0 Å². The zero-order chi connectivity index (χ0) is 74.1. The van der Waals surface area contributed by atoms with Gasteiger partial charge in [-0.25, -0.2) is 9.36 Å². The Morgan fingerprint density at radius 2 is 0.832 bits per heavy atom. The van der Waals surface area contributed by atoms with Gasteiger partial charge in [-0.15, -0.1) is 0 Å². The number of esters is 3. The zero-order valence-electron chi connectivity index (χ0n) is 61.9. The summed E-state index contributed by atoms with van der Waals surface area (Å²) in [4.78, 5) is 51.0. The normalized spacial score (nSPS) is 27.7. The van der Waals surface area contributed by atoms with Crippen LogP contribution >= 0.6 is 7.82 Å². The average molecular weight is 1470 g/mol. The average Bonchev–Trinajstić information content (AvgIpc) is 0.762. The highest BCUT2D eigenvalue weighted by molar-refractivity contribution is 7.47. The van der Waals surface area contributed by atoms with Crippen LogP contribution in [0.5, 0.6) is 0 Å². The molecule has 1 aliphatic carbocycles. The van der Waals surface area contributed by atoms with E-state index in [2.05, 4.69) is 39.8 Å². The second-order valence-corrected chi connectivity index (χ2v) is 29.8. The molecule has 3 aliphatic rings. The summed E-state index contributed by atoms with van der Waals surface area (Å²) in [5.74, 6) is -1.53. The number of hydrogen-bond donors (Lipinski definition) is 11. The Morgan fingerprint density at radius 3 is 1.31 bits per heavy atom. The number of unbranched alkanes of at least 4 members (excludes halogenated alkanes) is 32. The van der Waals surface area contributed by atoms with Gasteiger partial charge in [0.1, 0.15) is 98.7 Å². The number of hydrogen-bond acceptors (Lipinski definition) is 23. The topological polar surface area (TPSA) is 374 Å². The Bertz CT molecular complexity index is 2240. The molecule has 3 fully saturated rings. The Kier molecular flexibility index (Phi) is 51.6. The number of ether oxygens (including phenoxy) is 7. The van der Waals surface area contributed by atoms with Gasteiger partial charge >= 0.3 is 25.7 Å². The third-order valence-electron chi connectivity index (χ3n) is 19.4. The van der Waals surface area contributed by atoms with Gasteiger partial charge in [0.25, 0.3) is 0 Å². The van der Waals surface area contributed by atoms with Crippen LogP contribution in [0, 0.1) is 5.92 Å². The minimum absolute atomic E-state index is 0.0414. The van der Waals surface area contributed by atoms with Crippen LogP contribution in [-0.2, 0) is 61.2 Å². The molecule has 590 valence electrons. The van der Waals surface area contributed by atoms with Crippen LogP contribution in [-0.4, -0.2) is 204 Å². The van der Waals surface area contributed by atoms with Gasteiger partial charge in [0.2, 0.25) is 0 Å². The highest BCUT2D eigenvalue weighted by Gasteiger charge is 2.58. The van der Waals surface area contributed by atoms with Crippen molar-refractivity contribution in [3.05, 3.63) is 36.5 Å². The van der Waals surface area contributed by atoms with E-state index in [0.29, 0.717) is 18.8 Å². The zero-order valence-corrected chi connectivity index (χ0v) is 62.7. The molecule has 11 N–H and O–H groups in total. The van der Waals surface area contributed by atoms with Gasteiger partial charge in [-0.05, 0) is 57.3 Å². The molecule has 1 saturated carbocycles. The number of carbonyl (C=O) groups is 3. The predicted octanol–water partition coefficient (Wildman–Crippen LogP) is 11.3. The molecule has 0 spiro atoms. The van der Waals surface area contributed by atoms with Crippen molar-refractivity contribution in [2.75, 3.05) is 26.4 Å². The first kappa shape index (κ1) is 92.4. The molecular weight excluding hydrogens is 1330 g/mol. The fourth-order valence-electron chi connectivity index (χ4n) is 12.9. The van der Waals surface area contributed by atoms with E-state index in [4.69, 9.17) is 42.2 Å². The molecule has 24 nitrogen and oxygen atoms in total. The third-order valence-corrected chi connectivity index (χ3v) is 20.4. The lowest BCUT2D eigenvalue weighted by Crippen LogP contribution is -2.69. The molecule has 0 radical (unpaired) electrons. The number of carbonyl (C=O) groups excluding carboxylic acids is 3. The van der Waals surface area contributed by atoms with Crippen molar-refractivity contribution in [2.24, 2.45) is 5.92 Å². The fourth-order valence-corrected chi connectivity index (χ4v) is 13.9. The van der Waals surface area contributed by atoms with Crippen molar-refractivity contribution in [1.29, 1.82) is 0 Å². The molecule has 0 aromatic rings. The Hall–Kier alpha value is -2.82. The maximum atomic E-state index is 14.4. The van der Waals surface area contributed by atoms with Crippen molar-refractivity contribution < 1.29 is 117 Å². The molecule has 0 amide bonds. The van der Waals surface area contributed by atoms with Gasteiger partial charge in [-0.3, -0.25) is 18.6 Å². The molecule has 2 heterocycles. The molecule has 2 saturated heterocycles. The van der Waals surface area contributed by atoms with Gasteiger partial charge in [0.15, 0.2) is 18.7 Å². The van der Waals surface area contributed by atoms with Gasteiger partial charge in [-0.1, -0.05) is 257 Å². The molecule has 19 unspecified atom stereocenters. The minimum atomic E-state index is -5.71. The molecular formula is C76H137O24P. The van der Waals surface area contributed by atoms with E-state index < -0.39 is 156 Å². The summed E-state index contributed by atoms with van der Waals surface area (Å²) in [6.45, 7) is 5.68. The monoisotopic (exact) mass is 1460 g/mol. The number of phosphoric ester groups is 1. The number of aliphatic hydroxyl groups is 10. The molecule has 19 atom stereocenters. The quantitative estimate of drug-likeness (QED) is 0.00512. The number of rotatable bonds is 60. The van der Waals surface area contributed by atoms with E-state index in [1.54, 1.807) is 6.08 Å². The maximum absolute atomic E-state index is 14.4. The molecule has 0 bridgehead atoms. The third kappa shape index (κ3) is 39.6. The Labute approximate surface area is 604 Å². The van der Waals surface area contributed by atoms with Crippen molar-refractivity contribution >= 4 is 25.7 Å². The fraction of sp³-hybridized carbons (Fsp3) is 0.882. The second kappa shape index (κ2) is 56.5. The summed E-state index contributed by atoms with van der Waals surface area (Å²) in [6, 6.07) is 0. The molecule has 0 aromatic heterocycles. The van der Waals surface area contributed by atoms with Gasteiger partial charge in [-0.2, -0.15) is 0 Å². The molecule has 25 heteroatoms. The summed E-state index contributed by atoms with van der Waals surface area (Å²) in [5.41, 5.74) is 0. The minimum Gasteiger partial charge on any atom is -0.462 e. The Morgan fingerprint density at radius 1 is 0.436 bits per heavy atom. The van der Waals surface area contributed by atoms with Crippen LogP contribution in [0.4, 0.5) is 0 Å². The van der Waals surface area contributed by atoms with Crippen molar-refractivity contribution in [1.82, 2.24) is 0 Å². The van der Waals surface area contributed by atoms with Crippen LogP contribution in [0.3, 0.4) is 0 Å². The van der Waals surface area contributed by atoms with Crippen LogP contribution in [0.15, 0.2) is 36.5 Å². The highest BCUT2D eigenvalue weighted by atomic mass is 31.2. The first-order chi connectivity index (χ1) is 48.7. The van der Waals surface area contributed by atoms with Gasteiger partial charge < -0.3 is 89.1 Å².